The van der Waals surface area contributed by atoms with Gasteiger partial charge in [0.1, 0.15) is 18.8 Å². The zero-order valence-corrected chi connectivity index (χ0v) is 31.7. The van der Waals surface area contributed by atoms with E-state index >= 15 is 0 Å². The first-order valence-corrected chi connectivity index (χ1v) is 19.4. The number of hydrogen-bond donors (Lipinski definition) is 3. The average molecular weight is 707 g/mol. The smallest absolute Gasteiger partial charge is 0.417 e. The third-order valence-corrected chi connectivity index (χ3v) is 9.46. The summed E-state index contributed by atoms with van der Waals surface area (Å²) in [6, 6.07) is 9.49. The zero-order chi connectivity index (χ0) is 37.0. The normalized spacial score (nSPS) is 16.6. The number of amides is 3. The number of aliphatic hydroxyl groups is 2. The van der Waals surface area contributed by atoms with Crippen LogP contribution in [0.1, 0.15) is 148 Å². The second-order valence-corrected chi connectivity index (χ2v) is 13.8. The summed E-state index contributed by atoms with van der Waals surface area (Å²) in [4.78, 5) is 37.4. The molecular formula is C40H70N2O8. The average Bonchev–Trinajstić information content (AvgIpc) is 3.47. The highest BCUT2D eigenvalue weighted by Crippen LogP contribution is 2.21. The summed E-state index contributed by atoms with van der Waals surface area (Å²) in [5, 5.41) is 19.9. The Kier molecular flexibility index (Phi) is 26.5. The lowest BCUT2D eigenvalue weighted by atomic mass is 10.0. The summed E-state index contributed by atoms with van der Waals surface area (Å²) in [6.07, 6.45) is 18.4. The van der Waals surface area contributed by atoms with E-state index in [1.165, 1.54) is 57.6 Å². The highest BCUT2D eigenvalue weighted by Gasteiger charge is 2.40. The second kappa shape index (κ2) is 29.1. The summed E-state index contributed by atoms with van der Waals surface area (Å²) in [7, 11) is 3.02. The Labute approximate surface area is 302 Å². The molecule has 4 N–H and O–H groups in total. The van der Waals surface area contributed by atoms with Crippen LogP contribution in [0.4, 0.5) is 4.79 Å². The van der Waals surface area contributed by atoms with Crippen molar-refractivity contribution in [3.05, 3.63) is 35.9 Å². The lowest BCUT2D eigenvalue weighted by Crippen LogP contribution is -2.46. The van der Waals surface area contributed by atoms with Crippen LogP contribution < -0.4 is 5.73 Å². The zero-order valence-electron chi connectivity index (χ0n) is 31.7. The molecule has 1 aromatic rings. The van der Waals surface area contributed by atoms with Crippen molar-refractivity contribution in [3.63, 3.8) is 0 Å². The molecule has 5 atom stereocenters. The van der Waals surface area contributed by atoms with Crippen molar-refractivity contribution in [1.29, 1.82) is 0 Å². The molecule has 0 spiro atoms. The molecule has 1 aliphatic heterocycles. The SMILES string of the molecule is CCCCCC[C@@H](O)CCCCC[C@@H](OC)C(=O)N1C(=O)OC[C@H]1Cc1ccccc1.CCCCCC[C@@H](O)CCCCC[C@@H](OC)C(N)=O. The van der Waals surface area contributed by atoms with E-state index in [9.17, 15) is 24.6 Å². The standard InChI is InChI=1S/C25H39NO5.C15H31NO3/c1-3-4-5-10-15-22(27)16-11-7-12-17-23(30-2)24(28)26-21(19-31-25(26)29)18-20-13-8-6-9-14-20;1-3-4-5-7-10-13(17)11-8-6-9-12-14(19-2)15(16)18/h6,8-9,13-14,21-23,27H,3-5,7,10-12,15-19H2,1-2H3;13-14,17H,3-12H2,1-2H3,(H2,16,18)/t21-,22-,23-;13-,14-/m11/s1. The predicted octanol–water partition coefficient (Wildman–Crippen LogP) is 7.64. The summed E-state index contributed by atoms with van der Waals surface area (Å²) in [6.45, 7) is 4.59. The molecule has 288 valence electrons. The van der Waals surface area contributed by atoms with Crippen LogP contribution in [0, 0.1) is 0 Å². The summed E-state index contributed by atoms with van der Waals surface area (Å²) in [5.74, 6) is -0.708. The number of carbonyl (C=O) groups excluding carboxylic acids is 3. The molecule has 10 heteroatoms. The lowest BCUT2D eigenvalue weighted by Gasteiger charge is -2.24. The number of primary amides is 1. The molecule has 3 amide bonds. The van der Waals surface area contributed by atoms with E-state index in [4.69, 9.17) is 19.9 Å². The van der Waals surface area contributed by atoms with E-state index in [0.717, 1.165) is 82.6 Å². The molecule has 0 unspecified atom stereocenters. The molecule has 1 heterocycles. The molecule has 1 aromatic carbocycles. The molecule has 0 bridgehead atoms. The maximum Gasteiger partial charge on any atom is 0.417 e. The number of nitrogens with zero attached hydrogens (tertiary/aromatic N) is 1. The van der Waals surface area contributed by atoms with Crippen LogP contribution in [0.2, 0.25) is 0 Å². The fraction of sp³-hybridized carbons (Fsp3) is 0.775. The highest BCUT2D eigenvalue weighted by molar-refractivity contribution is 5.96. The first-order valence-electron chi connectivity index (χ1n) is 19.4. The number of methoxy groups -OCH3 is 2. The molecule has 1 saturated heterocycles. The van der Waals surface area contributed by atoms with Gasteiger partial charge in [-0.05, 0) is 50.5 Å². The Morgan fingerprint density at radius 2 is 1.18 bits per heavy atom. The second-order valence-electron chi connectivity index (χ2n) is 13.8. The first-order chi connectivity index (χ1) is 24.2. The molecule has 0 aromatic heterocycles. The van der Waals surface area contributed by atoms with Crippen molar-refractivity contribution >= 4 is 17.9 Å². The Balaban J connectivity index is 0.000000566. The van der Waals surface area contributed by atoms with Gasteiger partial charge in [-0.3, -0.25) is 9.59 Å². The topological polar surface area (TPSA) is 149 Å². The van der Waals surface area contributed by atoms with Crippen LogP contribution >= 0.6 is 0 Å². The third kappa shape index (κ3) is 20.4. The van der Waals surface area contributed by atoms with Crippen LogP contribution in [0.3, 0.4) is 0 Å². The largest absolute Gasteiger partial charge is 0.447 e. The van der Waals surface area contributed by atoms with E-state index in [1.807, 2.05) is 30.3 Å². The van der Waals surface area contributed by atoms with E-state index in [0.29, 0.717) is 19.3 Å². The number of imide groups is 1. The molecule has 50 heavy (non-hydrogen) atoms. The summed E-state index contributed by atoms with van der Waals surface area (Å²) < 4.78 is 15.6. The minimum Gasteiger partial charge on any atom is -0.447 e. The van der Waals surface area contributed by atoms with Gasteiger partial charge in [-0.1, -0.05) is 134 Å². The first kappa shape index (κ1) is 45.5. The van der Waals surface area contributed by atoms with E-state index in [-0.39, 0.29) is 30.8 Å². The van der Waals surface area contributed by atoms with Crippen LogP contribution in [0.5, 0.6) is 0 Å². The maximum atomic E-state index is 13.0. The lowest BCUT2D eigenvalue weighted by molar-refractivity contribution is -0.140. The minimum absolute atomic E-state index is 0.161. The van der Waals surface area contributed by atoms with Gasteiger partial charge in [-0.2, -0.15) is 0 Å². The molecule has 1 aliphatic rings. The molecule has 2 rings (SSSR count). The fourth-order valence-electron chi connectivity index (χ4n) is 6.32. The molecule has 0 saturated carbocycles. The fourth-order valence-corrected chi connectivity index (χ4v) is 6.32. The minimum atomic E-state index is -0.650. The van der Waals surface area contributed by atoms with Crippen molar-refractivity contribution in [3.8, 4) is 0 Å². The summed E-state index contributed by atoms with van der Waals surface area (Å²) >= 11 is 0. The predicted molar refractivity (Wildman–Crippen MR) is 199 cm³/mol. The van der Waals surface area contributed by atoms with Crippen LogP contribution in [-0.4, -0.2) is 84.3 Å². The van der Waals surface area contributed by atoms with Gasteiger partial charge in [-0.25, -0.2) is 9.69 Å². The van der Waals surface area contributed by atoms with Crippen LogP contribution in [-0.2, 0) is 30.2 Å². The Hall–Kier alpha value is -2.53. The van der Waals surface area contributed by atoms with Gasteiger partial charge in [-0.15, -0.1) is 0 Å². The number of hydrogen-bond acceptors (Lipinski definition) is 8. The van der Waals surface area contributed by atoms with Gasteiger partial charge in [0.05, 0.1) is 18.2 Å². The van der Waals surface area contributed by atoms with Crippen LogP contribution in [0.15, 0.2) is 30.3 Å². The molecule has 10 nitrogen and oxygen atoms in total. The van der Waals surface area contributed by atoms with Gasteiger partial charge < -0.3 is 30.2 Å². The number of ether oxygens (including phenoxy) is 3. The van der Waals surface area contributed by atoms with Gasteiger partial charge >= 0.3 is 6.09 Å². The molecule has 0 aliphatic carbocycles. The number of unbranched alkanes of at least 4 members (excludes halogenated alkanes) is 10. The van der Waals surface area contributed by atoms with Crippen molar-refractivity contribution < 1.29 is 38.8 Å². The number of cyclic esters (lactones) is 1. The molecular weight excluding hydrogens is 636 g/mol. The number of nitrogens with two attached hydrogens (primary N) is 1. The molecule has 0 radical (unpaired) electrons. The van der Waals surface area contributed by atoms with E-state index < -0.39 is 24.2 Å². The number of rotatable bonds is 28. The third-order valence-electron chi connectivity index (χ3n) is 9.46. The Morgan fingerprint density at radius 1 is 0.740 bits per heavy atom. The van der Waals surface area contributed by atoms with Crippen LogP contribution in [0.25, 0.3) is 0 Å². The monoisotopic (exact) mass is 707 g/mol. The van der Waals surface area contributed by atoms with E-state index in [1.54, 1.807) is 0 Å². The Bertz CT molecular complexity index is 1010. The quantitative estimate of drug-likeness (QED) is 0.0753. The van der Waals surface area contributed by atoms with Crippen molar-refractivity contribution in [1.82, 2.24) is 4.90 Å². The van der Waals surface area contributed by atoms with Crippen molar-refractivity contribution in [2.24, 2.45) is 5.73 Å². The van der Waals surface area contributed by atoms with E-state index in [2.05, 4.69) is 13.8 Å². The number of aliphatic hydroxyl groups excluding tert-OH is 2. The van der Waals surface area contributed by atoms with Gasteiger partial charge in [0.2, 0.25) is 5.91 Å². The van der Waals surface area contributed by atoms with Gasteiger partial charge in [0, 0.05) is 14.2 Å². The van der Waals surface area contributed by atoms with Gasteiger partial charge in [0.15, 0.2) is 0 Å². The summed E-state index contributed by atoms with van der Waals surface area (Å²) in [5.41, 5.74) is 6.25. The highest BCUT2D eigenvalue weighted by atomic mass is 16.6. The Morgan fingerprint density at radius 3 is 1.62 bits per heavy atom. The number of carbonyl (C=O) groups is 3. The molecule has 1 fully saturated rings. The van der Waals surface area contributed by atoms with Gasteiger partial charge in [0.25, 0.3) is 5.91 Å². The van der Waals surface area contributed by atoms with Crippen molar-refractivity contribution in [2.45, 2.75) is 179 Å². The maximum absolute atomic E-state index is 13.0. The number of benzene rings is 1. The van der Waals surface area contributed by atoms with Crippen molar-refractivity contribution in [2.75, 3.05) is 20.8 Å².